The first-order valence-electron chi connectivity index (χ1n) is 7.25. The molecule has 4 nitrogen and oxygen atoms in total. The first kappa shape index (κ1) is 15.5. The molecule has 1 amide bonds. The molecule has 1 aromatic carbocycles. The molecule has 1 fully saturated rings. The lowest BCUT2D eigenvalue weighted by atomic mass is 9.97. The number of benzene rings is 1. The van der Waals surface area contributed by atoms with Gasteiger partial charge >= 0.3 is 5.97 Å². The Morgan fingerprint density at radius 3 is 2.90 bits per heavy atom. The summed E-state index contributed by atoms with van der Waals surface area (Å²) in [6.07, 6.45) is 1.43. The summed E-state index contributed by atoms with van der Waals surface area (Å²) in [6, 6.07) is 4.48. The van der Waals surface area contributed by atoms with Gasteiger partial charge in [-0.2, -0.15) is 0 Å². The molecule has 1 aromatic rings. The highest BCUT2D eigenvalue weighted by atomic mass is 19.1. The Morgan fingerprint density at radius 1 is 1.43 bits per heavy atom. The summed E-state index contributed by atoms with van der Waals surface area (Å²) < 4.78 is 18.8. The molecule has 0 bridgehead atoms. The van der Waals surface area contributed by atoms with Crippen LogP contribution in [0.4, 0.5) is 4.39 Å². The van der Waals surface area contributed by atoms with E-state index in [0.717, 1.165) is 12.0 Å². The van der Waals surface area contributed by atoms with E-state index in [1.165, 1.54) is 6.07 Å². The van der Waals surface area contributed by atoms with Crippen LogP contribution in [-0.2, 0) is 9.53 Å². The van der Waals surface area contributed by atoms with E-state index in [1.54, 1.807) is 24.0 Å². The third-order valence-corrected chi connectivity index (χ3v) is 3.68. The average molecular weight is 293 g/mol. The van der Waals surface area contributed by atoms with E-state index in [1.807, 2.05) is 6.92 Å². The number of hydrogen-bond donors (Lipinski definition) is 0. The number of amides is 1. The zero-order valence-corrected chi connectivity index (χ0v) is 12.4. The zero-order valence-electron chi connectivity index (χ0n) is 12.4. The quantitative estimate of drug-likeness (QED) is 0.805. The number of esters is 1. The van der Waals surface area contributed by atoms with Gasteiger partial charge in [-0.1, -0.05) is 11.6 Å². The van der Waals surface area contributed by atoms with Gasteiger partial charge in [0.2, 0.25) is 0 Å². The lowest BCUT2D eigenvalue weighted by molar-refractivity contribution is -0.149. The SMILES string of the molecule is CCOC(=O)C1CCCN(C(=O)c2cc(C)ccc2F)C1. The highest BCUT2D eigenvalue weighted by Crippen LogP contribution is 2.21. The summed E-state index contributed by atoms with van der Waals surface area (Å²) in [5.74, 6) is -1.47. The fourth-order valence-electron chi connectivity index (χ4n) is 2.59. The van der Waals surface area contributed by atoms with Crippen LogP contribution in [0.1, 0.15) is 35.7 Å². The third-order valence-electron chi connectivity index (χ3n) is 3.68. The highest BCUT2D eigenvalue weighted by Gasteiger charge is 2.30. The molecule has 5 heteroatoms. The zero-order chi connectivity index (χ0) is 15.4. The van der Waals surface area contributed by atoms with E-state index < -0.39 is 5.82 Å². The fourth-order valence-corrected chi connectivity index (χ4v) is 2.59. The van der Waals surface area contributed by atoms with Crippen LogP contribution >= 0.6 is 0 Å². The van der Waals surface area contributed by atoms with E-state index in [2.05, 4.69) is 0 Å². The van der Waals surface area contributed by atoms with Crippen molar-refractivity contribution in [1.29, 1.82) is 0 Å². The van der Waals surface area contributed by atoms with Gasteiger partial charge < -0.3 is 9.64 Å². The normalized spacial score (nSPS) is 18.4. The van der Waals surface area contributed by atoms with Crippen LogP contribution in [0.3, 0.4) is 0 Å². The molecule has 0 aromatic heterocycles. The number of ether oxygens (including phenoxy) is 1. The van der Waals surface area contributed by atoms with Crippen LogP contribution in [0.15, 0.2) is 18.2 Å². The Bertz CT molecular complexity index is 544. The molecule has 1 aliphatic heterocycles. The van der Waals surface area contributed by atoms with Gasteiger partial charge in [-0.25, -0.2) is 4.39 Å². The molecular weight excluding hydrogens is 273 g/mol. The topological polar surface area (TPSA) is 46.6 Å². The number of nitrogens with zero attached hydrogens (tertiary/aromatic N) is 1. The maximum Gasteiger partial charge on any atom is 0.310 e. The first-order chi connectivity index (χ1) is 10.0. The van der Waals surface area contributed by atoms with Crippen LogP contribution in [0.5, 0.6) is 0 Å². The monoisotopic (exact) mass is 293 g/mol. The fraction of sp³-hybridized carbons (Fsp3) is 0.500. The lowest BCUT2D eigenvalue weighted by Crippen LogP contribution is -2.43. The summed E-state index contributed by atoms with van der Waals surface area (Å²) in [5.41, 5.74) is 0.901. The average Bonchev–Trinajstić information content (AvgIpc) is 2.49. The number of piperidine rings is 1. The van der Waals surface area contributed by atoms with Gasteiger partial charge in [-0.3, -0.25) is 9.59 Å². The van der Waals surface area contributed by atoms with Crippen molar-refractivity contribution in [2.75, 3.05) is 19.7 Å². The first-order valence-corrected chi connectivity index (χ1v) is 7.25. The van der Waals surface area contributed by atoms with Gasteiger partial charge in [0, 0.05) is 13.1 Å². The molecule has 1 unspecified atom stereocenters. The Morgan fingerprint density at radius 2 is 2.19 bits per heavy atom. The maximum atomic E-state index is 13.8. The Kier molecular flexibility index (Phi) is 4.94. The minimum atomic E-state index is -0.524. The van der Waals surface area contributed by atoms with Crippen LogP contribution < -0.4 is 0 Å². The van der Waals surface area contributed by atoms with Gasteiger partial charge in [-0.05, 0) is 38.8 Å². The van der Waals surface area contributed by atoms with Gasteiger partial charge in [0.1, 0.15) is 5.82 Å². The second-order valence-corrected chi connectivity index (χ2v) is 5.33. The third kappa shape index (κ3) is 3.60. The minimum Gasteiger partial charge on any atom is -0.466 e. The molecule has 1 saturated heterocycles. The molecule has 0 aliphatic carbocycles. The number of aryl methyl sites for hydroxylation is 1. The minimum absolute atomic E-state index is 0.0690. The van der Waals surface area contributed by atoms with Crippen LogP contribution in [0, 0.1) is 18.7 Å². The van der Waals surface area contributed by atoms with Crippen molar-refractivity contribution >= 4 is 11.9 Å². The molecule has 0 radical (unpaired) electrons. The van der Waals surface area contributed by atoms with Crippen LogP contribution in [0.25, 0.3) is 0 Å². The number of halogens is 1. The number of likely N-dealkylation sites (tertiary alicyclic amines) is 1. The predicted octanol–water partition coefficient (Wildman–Crippen LogP) is 2.55. The summed E-state index contributed by atoms with van der Waals surface area (Å²) in [7, 11) is 0. The number of carbonyl (C=O) groups is 2. The Balaban J connectivity index is 2.12. The van der Waals surface area contributed by atoms with Crippen molar-refractivity contribution in [1.82, 2.24) is 4.90 Å². The van der Waals surface area contributed by atoms with E-state index >= 15 is 0 Å². The van der Waals surface area contributed by atoms with Gasteiger partial charge in [0.05, 0.1) is 18.1 Å². The summed E-state index contributed by atoms with van der Waals surface area (Å²) >= 11 is 0. The largest absolute Gasteiger partial charge is 0.466 e. The highest BCUT2D eigenvalue weighted by molar-refractivity contribution is 5.95. The molecule has 2 rings (SSSR count). The van der Waals surface area contributed by atoms with Gasteiger partial charge in [-0.15, -0.1) is 0 Å². The predicted molar refractivity (Wildman–Crippen MR) is 76.4 cm³/mol. The number of rotatable bonds is 3. The van der Waals surface area contributed by atoms with Crippen molar-refractivity contribution in [2.45, 2.75) is 26.7 Å². The molecule has 0 spiro atoms. The summed E-state index contributed by atoms with van der Waals surface area (Å²) in [4.78, 5) is 25.8. The van der Waals surface area contributed by atoms with Crippen LogP contribution in [-0.4, -0.2) is 36.5 Å². The van der Waals surface area contributed by atoms with Crippen LogP contribution in [0.2, 0.25) is 0 Å². The Hall–Kier alpha value is -1.91. The van der Waals surface area contributed by atoms with Crippen molar-refractivity contribution in [3.05, 3.63) is 35.1 Å². The van der Waals surface area contributed by atoms with E-state index in [-0.39, 0.29) is 23.4 Å². The van der Waals surface area contributed by atoms with Gasteiger partial charge in [0.25, 0.3) is 5.91 Å². The van der Waals surface area contributed by atoms with Crippen molar-refractivity contribution in [3.63, 3.8) is 0 Å². The molecule has 0 N–H and O–H groups in total. The van der Waals surface area contributed by atoms with Gasteiger partial charge in [0.15, 0.2) is 0 Å². The summed E-state index contributed by atoms with van der Waals surface area (Å²) in [6.45, 7) is 4.74. The molecule has 1 aliphatic rings. The molecule has 21 heavy (non-hydrogen) atoms. The van der Waals surface area contributed by atoms with Crippen molar-refractivity contribution < 1.29 is 18.7 Å². The number of hydrogen-bond acceptors (Lipinski definition) is 3. The van der Waals surface area contributed by atoms with Crippen molar-refractivity contribution in [2.24, 2.45) is 5.92 Å². The summed E-state index contributed by atoms with van der Waals surface area (Å²) in [5, 5.41) is 0. The van der Waals surface area contributed by atoms with E-state index in [9.17, 15) is 14.0 Å². The second kappa shape index (κ2) is 6.70. The number of carbonyl (C=O) groups excluding carboxylic acids is 2. The molecule has 1 atom stereocenters. The molecule has 1 heterocycles. The molecule has 0 saturated carbocycles. The Labute approximate surface area is 123 Å². The second-order valence-electron chi connectivity index (χ2n) is 5.33. The van der Waals surface area contributed by atoms with E-state index in [0.29, 0.717) is 26.1 Å². The molecular formula is C16H20FNO3. The lowest BCUT2D eigenvalue weighted by Gasteiger charge is -2.31. The maximum absolute atomic E-state index is 13.8. The van der Waals surface area contributed by atoms with E-state index in [4.69, 9.17) is 4.74 Å². The molecule has 114 valence electrons. The van der Waals surface area contributed by atoms with Crippen molar-refractivity contribution in [3.8, 4) is 0 Å². The standard InChI is InChI=1S/C16H20FNO3/c1-3-21-16(20)12-5-4-8-18(10-12)15(19)13-9-11(2)6-7-14(13)17/h6-7,9,12H,3-5,8,10H2,1-2H3. The smallest absolute Gasteiger partial charge is 0.310 e.